The molecule has 0 aliphatic rings. The molecule has 0 bridgehead atoms. The third-order valence-corrected chi connectivity index (χ3v) is 5.87. The number of aromatic nitrogens is 2. The van der Waals surface area contributed by atoms with Gasteiger partial charge in [0.25, 0.3) is 0 Å². The Kier molecular flexibility index (Phi) is 3.52. The number of rotatable bonds is 4. The van der Waals surface area contributed by atoms with E-state index in [1.165, 1.54) is 5.69 Å². The van der Waals surface area contributed by atoms with Gasteiger partial charge in [0.2, 0.25) is 0 Å². The highest BCUT2D eigenvalue weighted by molar-refractivity contribution is 9.09. The van der Waals surface area contributed by atoms with Crippen LogP contribution in [0, 0.1) is 5.41 Å². The maximum absolute atomic E-state index is 4.59. The van der Waals surface area contributed by atoms with E-state index in [9.17, 15) is 0 Å². The smallest absolute Gasteiger partial charge is 0.193 e. The van der Waals surface area contributed by atoms with Crippen molar-refractivity contribution in [1.29, 1.82) is 0 Å². The van der Waals surface area contributed by atoms with E-state index in [1.54, 1.807) is 11.3 Å². The molecule has 0 aromatic carbocycles. The fraction of sp³-hybridized carbons (Fsp3) is 0.500. The van der Waals surface area contributed by atoms with E-state index < -0.39 is 0 Å². The SMILES string of the molecule is CC(CBr)(CBr)Cc1cn2ccsc2n1. The van der Waals surface area contributed by atoms with Crippen molar-refractivity contribution in [3.8, 4) is 0 Å². The number of thiazole rings is 1. The van der Waals surface area contributed by atoms with Gasteiger partial charge in [-0.2, -0.15) is 0 Å². The molecular weight excluding hydrogens is 340 g/mol. The Morgan fingerprint density at radius 2 is 2.20 bits per heavy atom. The summed E-state index contributed by atoms with van der Waals surface area (Å²) in [5, 5.41) is 4.02. The van der Waals surface area contributed by atoms with E-state index in [0.29, 0.717) is 0 Å². The normalized spacial score (nSPS) is 12.5. The first kappa shape index (κ1) is 11.6. The molecule has 0 aliphatic carbocycles. The minimum Gasteiger partial charge on any atom is -0.297 e. The fourth-order valence-corrected chi connectivity index (χ4v) is 3.47. The average Bonchev–Trinajstić information content (AvgIpc) is 2.77. The number of fused-ring (bicyclic) bond motifs is 1. The summed E-state index contributed by atoms with van der Waals surface area (Å²) in [5.74, 6) is 0. The first-order chi connectivity index (χ1) is 7.17. The van der Waals surface area contributed by atoms with E-state index in [0.717, 1.165) is 22.0 Å². The van der Waals surface area contributed by atoms with Gasteiger partial charge in [-0.1, -0.05) is 38.8 Å². The number of hydrogen-bond donors (Lipinski definition) is 0. The van der Waals surface area contributed by atoms with Crippen molar-refractivity contribution in [3.05, 3.63) is 23.5 Å². The molecule has 82 valence electrons. The lowest BCUT2D eigenvalue weighted by atomic mass is 9.91. The topological polar surface area (TPSA) is 17.3 Å². The van der Waals surface area contributed by atoms with E-state index in [1.807, 2.05) is 0 Å². The lowest BCUT2D eigenvalue weighted by Gasteiger charge is -2.23. The van der Waals surface area contributed by atoms with Crippen LogP contribution in [0.4, 0.5) is 0 Å². The molecule has 2 aromatic heterocycles. The lowest BCUT2D eigenvalue weighted by molar-refractivity contribution is 0.434. The van der Waals surface area contributed by atoms with Crippen molar-refractivity contribution in [2.24, 2.45) is 5.41 Å². The molecule has 0 aliphatic heterocycles. The molecule has 0 spiro atoms. The van der Waals surface area contributed by atoms with Crippen molar-refractivity contribution in [2.75, 3.05) is 10.7 Å². The van der Waals surface area contributed by atoms with Crippen LogP contribution in [0.25, 0.3) is 4.96 Å². The third-order valence-electron chi connectivity index (χ3n) is 2.40. The molecule has 5 heteroatoms. The zero-order valence-corrected chi connectivity index (χ0v) is 12.4. The maximum atomic E-state index is 4.59. The van der Waals surface area contributed by atoms with Crippen LogP contribution < -0.4 is 0 Å². The molecule has 0 N–H and O–H groups in total. The van der Waals surface area contributed by atoms with Gasteiger partial charge in [-0.25, -0.2) is 4.98 Å². The molecule has 0 amide bonds. The van der Waals surface area contributed by atoms with Crippen LogP contribution in [-0.2, 0) is 6.42 Å². The van der Waals surface area contributed by atoms with Gasteiger partial charge < -0.3 is 0 Å². The second kappa shape index (κ2) is 4.55. The third kappa shape index (κ3) is 2.45. The Hall–Kier alpha value is 0.130. The first-order valence-electron chi connectivity index (χ1n) is 4.70. The van der Waals surface area contributed by atoms with Gasteiger partial charge in [-0.15, -0.1) is 11.3 Å². The van der Waals surface area contributed by atoms with Gasteiger partial charge >= 0.3 is 0 Å². The number of nitrogens with zero attached hydrogens (tertiary/aromatic N) is 2. The Morgan fingerprint density at radius 3 is 2.80 bits per heavy atom. The van der Waals surface area contributed by atoms with E-state index >= 15 is 0 Å². The predicted molar refractivity (Wildman–Crippen MR) is 72.5 cm³/mol. The van der Waals surface area contributed by atoms with E-state index in [4.69, 9.17) is 0 Å². The summed E-state index contributed by atoms with van der Waals surface area (Å²) in [4.78, 5) is 5.67. The van der Waals surface area contributed by atoms with Gasteiger partial charge in [0, 0.05) is 28.4 Å². The number of imidazole rings is 1. The van der Waals surface area contributed by atoms with Crippen LogP contribution >= 0.6 is 43.2 Å². The van der Waals surface area contributed by atoms with E-state index in [2.05, 4.69) is 65.9 Å². The molecule has 0 radical (unpaired) electrons. The fourth-order valence-electron chi connectivity index (χ4n) is 1.43. The second-order valence-electron chi connectivity index (χ2n) is 4.08. The van der Waals surface area contributed by atoms with Crippen LogP contribution in [0.5, 0.6) is 0 Å². The first-order valence-corrected chi connectivity index (χ1v) is 7.82. The summed E-state index contributed by atoms with van der Waals surface area (Å²) < 4.78 is 2.09. The summed E-state index contributed by atoms with van der Waals surface area (Å²) in [5.41, 5.74) is 1.41. The van der Waals surface area contributed by atoms with Gasteiger partial charge in [-0.3, -0.25) is 4.40 Å². The van der Waals surface area contributed by atoms with Gasteiger partial charge in [0.15, 0.2) is 4.96 Å². The van der Waals surface area contributed by atoms with Crippen LogP contribution in [0.3, 0.4) is 0 Å². The number of hydrogen-bond acceptors (Lipinski definition) is 2. The van der Waals surface area contributed by atoms with Crippen LogP contribution in [0.1, 0.15) is 12.6 Å². The summed E-state index contributed by atoms with van der Waals surface area (Å²) in [6, 6.07) is 0. The number of alkyl halides is 2. The van der Waals surface area contributed by atoms with Crippen molar-refractivity contribution in [2.45, 2.75) is 13.3 Å². The molecule has 2 rings (SSSR count). The molecule has 2 nitrogen and oxygen atoms in total. The van der Waals surface area contributed by atoms with Crippen LogP contribution in [0.15, 0.2) is 17.8 Å². The van der Waals surface area contributed by atoms with Crippen molar-refractivity contribution >= 4 is 48.2 Å². The van der Waals surface area contributed by atoms with Crippen LogP contribution in [-0.4, -0.2) is 20.0 Å². The zero-order chi connectivity index (χ0) is 10.9. The molecule has 0 atom stereocenters. The molecule has 0 saturated carbocycles. The lowest BCUT2D eigenvalue weighted by Crippen LogP contribution is -2.23. The predicted octanol–water partition coefficient (Wildman–Crippen LogP) is 3.73. The maximum Gasteiger partial charge on any atom is 0.193 e. The highest BCUT2D eigenvalue weighted by Gasteiger charge is 2.23. The number of halogens is 2. The Morgan fingerprint density at radius 1 is 1.47 bits per heavy atom. The summed E-state index contributed by atoms with van der Waals surface area (Å²) in [6.07, 6.45) is 5.17. The zero-order valence-electron chi connectivity index (χ0n) is 8.41. The molecule has 0 fully saturated rings. The van der Waals surface area contributed by atoms with Crippen LogP contribution in [0.2, 0.25) is 0 Å². The van der Waals surface area contributed by atoms with Crippen molar-refractivity contribution in [1.82, 2.24) is 9.38 Å². The largest absolute Gasteiger partial charge is 0.297 e. The quantitative estimate of drug-likeness (QED) is 0.767. The molecule has 0 unspecified atom stereocenters. The monoisotopic (exact) mass is 350 g/mol. The molecule has 15 heavy (non-hydrogen) atoms. The second-order valence-corrected chi connectivity index (χ2v) is 6.07. The highest BCUT2D eigenvalue weighted by atomic mass is 79.9. The minimum atomic E-state index is 0.240. The van der Waals surface area contributed by atoms with Gasteiger partial charge in [0.05, 0.1) is 5.69 Å². The van der Waals surface area contributed by atoms with E-state index in [-0.39, 0.29) is 5.41 Å². The molecule has 2 heterocycles. The Balaban J connectivity index is 2.21. The summed E-state index contributed by atoms with van der Waals surface area (Å²) in [6.45, 7) is 2.25. The molecular formula is C10H12Br2N2S. The summed E-state index contributed by atoms with van der Waals surface area (Å²) in [7, 11) is 0. The summed E-state index contributed by atoms with van der Waals surface area (Å²) >= 11 is 8.80. The van der Waals surface area contributed by atoms with Gasteiger partial charge in [0.1, 0.15) is 0 Å². The van der Waals surface area contributed by atoms with Gasteiger partial charge in [-0.05, 0) is 11.8 Å². The van der Waals surface area contributed by atoms with Crippen molar-refractivity contribution < 1.29 is 0 Å². The molecule has 0 saturated heterocycles. The van der Waals surface area contributed by atoms with Crippen molar-refractivity contribution in [3.63, 3.8) is 0 Å². The highest BCUT2D eigenvalue weighted by Crippen LogP contribution is 2.27. The Labute approximate surface area is 110 Å². The standard InChI is InChI=1S/C10H12Br2N2S/c1-10(6-11,7-12)4-8-5-14-2-3-15-9(14)13-8/h2-3,5H,4,6-7H2,1H3. The molecule has 2 aromatic rings. The minimum absolute atomic E-state index is 0.240. The Bertz CT molecular complexity index is 416. The average molecular weight is 352 g/mol.